The van der Waals surface area contributed by atoms with Crippen molar-refractivity contribution in [2.75, 3.05) is 26.4 Å². The minimum absolute atomic E-state index is 0.0383. The third-order valence-corrected chi connectivity index (χ3v) is 5.75. The fraction of sp³-hybridized carbons (Fsp3) is 0.286. The Hall–Kier alpha value is -4.00. The van der Waals surface area contributed by atoms with E-state index < -0.39 is 12.1 Å². The number of amides is 1. The summed E-state index contributed by atoms with van der Waals surface area (Å²) in [6, 6.07) is 17.4. The summed E-state index contributed by atoms with van der Waals surface area (Å²) in [5.74, 6) is 1.65. The fourth-order valence-electron chi connectivity index (χ4n) is 4.20. The highest BCUT2D eigenvalue weighted by Crippen LogP contribution is 2.44. The van der Waals surface area contributed by atoms with E-state index in [4.69, 9.17) is 18.9 Å². The molecule has 0 aliphatic heterocycles. The standard InChI is InChI=1S/C28H29NO6/c1-2-25(30)33-17-16-29-28(31)35-27-23-14-8-6-12-21(23)26(22-13-7-9-15-24(22)27)34-19-18-32-20-10-4-3-5-11-20/h2-6,8,10-12,14H,1,7,9,13,15-19H2,(H,29,31). The SMILES string of the molecule is C=CC(=O)OCCNC(=O)Oc1c2c(c(OCCOc3ccccc3)c3ccccc13)CCCC2. The zero-order chi connectivity index (χ0) is 24.5. The fourth-order valence-corrected chi connectivity index (χ4v) is 4.20. The minimum Gasteiger partial charge on any atom is -0.490 e. The average molecular weight is 476 g/mol. The van der Waals surface area contributed by atoms with Gasteiger partial charge in [-0.15, -0.1) is 0 Å². The molecule has 0 unspecified atom stereocenters. The van der Waals surface area contributed by atoms with Crippen LogP contribution in [0.25, 0.3) is 10.8 Å². The summed E-state index contributed by atoms with van der Waals surface area (Å²) < 4.78 is 22.8. The van der Waals surface area contributed by atoms with Crippen molar-refractivity contribution in [1.82, 2.24) is 5.32 Å². The van der Waals surface area contributed by atoms with Gasteiger partial charge >= 0.3 is 12.1 Å². The number of carbonyl (C=O) groups is 2. The summed E-state index contributed by atoms with van der Waals surface area (Å²) in [7, 11) is 0. The molecule has 7 nitrogen and oxygen atoms in total. The summed E-state index contributed by atoms with van der Waals surface area (Å²) in [6.45, 7) is 4.34. The maximum Gasteiger partial charge on any atom is 0.412 e. The van der Waals surface area contributed by atoms with Gasteiger partial charge in [-0.1, -0.05) is 49.0 Å². The Balaban J connectivity index is 1.51. The molecule has 1 aliphatic rings. The van der Waals surface area contributed by atoms with Crippen LogP contribution in [0, 0.1) is 0 Å². The van der Waals surface area contributed by atoms with Crippen LogP contribution in [0.3, 0.4) is 0 Å². The summed E-state index contributed by atoms with van der Waals surface area (Å²) in [4.78, 5) is 23.7. The second-order valence-corrected chi connectivity index (χ2v) is 8.07. The molecule has 182 valence electrons. The number of para-hydroxylation sites is 1. The number of hydrogen-bond donors (Lipinski definition) is 1. The van der Waals surface area contributed by atoms with Crippen molar-refractivity contribution in [3.05, 3.63) is 78.4 Å². The van der Waals surface area contributed by atoms with Crippen LogP contribution in [0.15, 0.2) is 67.3 Å². The molecule has 0 heterocycles. The molecule has 7 heteroatoms. The predicted molar refractivity (Wildman–Crippen MR) is 133 cm³/mol. The molecule has 4 rings (SSSR count). The van der Waals surface area contributed by atoms with E-state index in [9.17, 15) is 9.59 Å². The van der Waals surface area contributed by atoms with Gasteiger partial charge in [0.1, 0.15) is 37.1 Å². The van der Waals surface area contributed by atoms with E-state index in [1.807, 2.05) is 54.6 Å². The van der Waals surface area contributed by atoms with Gasteiger partial charge in [0.05, 0.1) is 6.54 Å². The first-order valence-corrected chi connectivity index (χ1v) is 11.8. The zero-order valence-electron chi connectivity index (χ0n) is 19.6. The predicted octanol–water partition coefficient (Wildman–Crippen LogP) is 4.99. The Bertz CT molecular complexity index is 1190. The number of rotatable bonds is 10. The van der Waals surface area contributed by atoms with Crippen LogP contribution in [0.1, 0.15) is 24.0 Å². The Morgan fingerprint density at radius 3 is 2.17 bits per heavy atom. The average Bonchev–Trinajstić information content (AvgIpc) is 2.90. The molecule has 1 amide bonds. The number of ether oxygens (including phenoxy) is 4. The molecule has 3 aromatic carbocycles. The van der Waals surface area contributed by atoms with E-state index in [0.29, 0.717) is 19.0 Å². The molecule has 0 fully saturated rings. The Labute approximate surface area is 204 Å². The number of nitrogens with one attached hydrogen (secondary N) is 1. The number of fused-ring (bicyclic) bond motifs is 2. The lowest BCUT2D eigenvalue weighted by Crippen LogP contribution is -2.31. The maximum absolute atomic E-state index is 12.5. The highest BCUT2D eigenvalue weighted by Gasteiger charge is 2.25. The molecule has 1 aliphatic carbocycles. The smallest absolute Gasteiger partial charge is 0.412 e. The highest BCUT2D eigenvalue weighted by molar-refractivity contribution is 5.97. The summed E-state index contributed by atoms with van der Waals surface area (Å²) in [6.07, 6.45) is 4.19. The number of hydrogen-bond acceptors (Lipinski definition) is 6. The van der Waals surface area contributed by atoms with Crippen molar-refractivity contribution in [3.63, 3.8) is 0 Å². The molecule has 35 heavy (non-hydrogen) atoms. The Morgan fingerprint density at radius 2 is 1.46 bits per heavy atom. The lowest BCUT2D eigenvalue weighted by molar-refractivity contribution is -0.137. The first-order chi connectivity index (χ1) is 17.2. The Morgan fingerprint density at radius 1 is 0.829 bits per heavy atom. The summed E-state index contributed by atoms with van der Waals surface area (Å²) in [5, 5.41) is 4.35. The Kier molecular flexibility index (Phi) is 8.22. The molecule has 0 aromatic heterocycles. The van der Waals surface area contributed by atoms with Gasteiger partial charge < -0.3 is 24.3 Å². The largest absolute Gasteiger partial charge is 0.490 e. The van der Waals surface area contributed by atoms with Gasteiger partial charge in [0.25, 0.3) is 0 Å². The van der Waals surface area contributed by atoms with Crippen LogP contribution in [-0.4, -0.2) is 38.4 Å². The van der Waals surface area contributed by atoms with E-state index in [1.165, 1.54) is 0 Å². The van der Waals surface area contributed by atoms with Gasteiger partial charge in [-0.05, 0) is 37.8 Å². The molecule has 3 aromatic rings. The third-order valence-electron chi connectivity index (χ3n) is 5.75. The molecule has 0 atom stereocenters. The molecule has 0 saturated carbocycles. The lowest BCUT2D eigenvalue weighted by atomic mass is 9.87. The lowest BCUT2D eigenvalue weighted by Gasteiger charge is -2.25. The van der Waals surface area contributed by atoms with Crippen LogP contribution < -0.4 is 19.5 Å². The second-order valence-electron chi connectivity index (χ2n) is 8.07. The molecule has 0 spiro atoms. The molecular formula is C28H29NO6. The molecular weight excluding hydrogens is 446 g/mol. The van der Waals surface area contributed by atoms with E-state index >= 15 is 0 Å². The second kappa shape index (κ2) is 11.9. The van der Waals surface area contributed by atoms with Crippen LogP contribution in [0.2, 0.25) is 0 Å². The quantitative estimate of drug-likeness (QED) is 0.253. The van der Waals surface area contributed by atoms with Crippen molar-refractivity contribution >= 4 is 22.8 Å². The molecule has 1 N–H and O–H groups in total. The van der Waals surface area contributed by atoms with Crippen molar-refractivity contribution in [2.45, 2.75) is 25.7 Å². The van der Waals surface area contributed by atoms with E-state index in [1.54, 1.807) is 0 Å². The van der Waals surface area contributed by atoms with Crippen molar-refractivity contribution < 1.29 is 28.5 Å². The van der Waals surface area contributed by atoms with Gasteiger partial charge in [0.15, 0.2) is 0 Å². The van der Waals surface area contributed by atoms with E-state index in [-0.39, 0.29) is 13.2 Å². The summed E-state index contributed by atoms with van der Waals surface area (Å²) in [5.41, 5.74) is 2.08. The number of carbonyl (C=O) groups excluding carboxylic acids is 2. The van der Waals surface area contributed by atoms with Gasteiger partial charge in [-0.3, -0.25) is 0 Å². The van der Waals surface area contributed by atoms with Crippen LogP contribution in [0.5, 0.6) is 17.2 Å². The normalized spacial score (nSPS) is 12.3. The molecule has 0 bridgehead atoms. The molecule has 0 saturated heterocycles. The number of esters is 1. The molecule has 0 radical (unpaired) electrons. The minimum atomic E-state index is -0.595. The van der Waals surface area contributed by atoms with Crippen LogP contribution >= 0.6 is 0 Å². The van der Waals surface area contributed by atoms with Crippen LogP contribution in [0.4, 0.5) is 4.79 Å². The zero-order valence-corrected chi connectivity index (χ0v) is 19.6. The van der Waals surface area contributed by atoms with Crippen molar-refractivity contribution in [2.24, 2.45) is 0 Å². The highest BCUT2D eigenvalue weighted by atomic mass is 16.6. The van der Waals surface area contributed by atoms with Crippen molar-refractivity contribution in [1.29, 1.82) is 0 Å². The van der Waals surface area contributed by atoms with Gasteiger partial charge in [0, 0.05) is 28.0 Å². The van der Waals surface area contributed by atoms with Gasteiger partial charge in [-0.2, -0.15) is 0 Å². The maximum atomic E-state index is 12.5. The van der Waals surface area contributed by atoms with Crippen LogP contribution in [-0.2, 0) is 22.4 Å². The monoisotopic (exact) mass is 475 g/mol. The van der Waals surface area contributed by atoms with Gasteiger partial charge in [-0.25, -0.2) is 9.59 Å². The third kappa shape index (κ3) is 6.12. The number of benzene rings is 3. The first-order valence-electron chi connectivity index (χ1n) is 11.8. The van der Waals surface area contributed by atoms with E-state index in [0.717, 1.165) is 65.2 Å². The first kappa shape index (κ1) is 24.1. The van der Waals surface area contributed by atoms with Crippen molar-refractivity contribution in [3.8, 4) is 17.2 Å². The topological polar surface area (TPSA) is 83.1 Å². The summed E-state index contributed by atoms with van der Waals surface area (Å²) >= 11 is 0. The van der Waals surface area contributed by atoms with Gasteiger partial charge in [0.2, 0.25) is 0 Å². The van der Waals surface area contributed by atoms with E-state index in [2.05, 4.69) is 11.9 Å².